The summed E-state index contributed by atoms with van der Waals surface area (Å²) in [6.07, 6.45) is -2.22. The molecule has 1 aromatic carbocycles. The minimum absolute atomic E-state index is 0.0173. The molecule has 1 unspecified atom stereocenters. The van der Waals surface area contributed by atoms with E-state index in [1.165, 1.54) is 16.6 Å². The fourth-order valence-electron chi connectivity index (χ4n) is 3.26. The van der Waals surface area contributed by atoms with E-state index in [1.54, 1.807) is 24.3 Å². The molecule has 4 rings (SSSR count). The van der Waals surface area contributed by atoms with Gasteiger partial charge in [-0.25, -0.2) is 13.4 Å². The molecule has 0 bridgehead atoms. The first kappa shape index (κ1) is 19.6. The van der Waals surface area contributed by atoms with E-state index in [0.29, 0.717) is 17.3 Å². The molecule has 0 spiro atoms. The number of hydrogen-bond acceptors (Lipinski definition) is 5. The lowest BCUT2D eigenvalue weighted by Gasteiger charge is -2.18. The van der Waals surface area contributed by atoms with E-state index < -0.39 is 27.9 Å². The van der Waals surface area contributed by atoms with Crippen molar-refractivity contribution in [2.75, 3.05) is 13.1 Å². The van der Waals surface area contributed by atoms with E-state index in [9.17, 15) is 21.6 Å². The average Bonchev–Trinajstić information content (AvgIpc) is 3.16. The number of sulfonamides is 1. The van der Waals surface area contributed by atoms with E-state index in [4.69, 9.17) is 4.74 Å². The molecule has 10 heteroatoms. The Bertz CT molecular complexity index is 1150. The largest absolute Gasteiger partial charge is 0.473 e. The van der Waals surface area contributed by atoms with Gasteiger partial charge in [0, 0.05) is 30.4 Å². The minimum Gasteiger partial charge on any atom is -0.473 e. The van der Waals surface area contributed by atoms with Gasteiger partial charge in [-0.3, -0.25) is 4.98 Å². The van der Waals surface area contributed by atoms with Crippen LogP contribution < -0.4 is 4.74 Å². The summed E-state index contributed by atoms with van der Waals surface area (Å²) in [4.78, 5) is 8.08. The van der Waals surface area contributed by atoms with E-state index in [1.807, 2.05) is 0 Å². The SMILES string of the molecule is O=S(=O)(c1cccc2cccnc12)N1CCC(Oc2cc(C(F)(F)F)ccn2)C1. The third kappa shape index (κ3) is 3.90. The Balaban J connectivity index is 1.54. The lowest BCUT2D eigenvalue weighted by Crippen LogP contribution is -2.31. The second-order valence-corrected chi connectivity index (χ2v) is 8.51. The molecule has 0 N–H and O–H groups in total. The Labute approximate surface area is 165 Å². The smallest absolute Gasteiger partial charge is 0.416 e. The van der Waals surface area contributed by atoms with Crippen molar-refractivity contribution in [3.8, 4) is 5.88 Å². The molecule has 29 heavy (non-hydrogen) atoms. The van der Waals surface area contributed by atoms with Crippen LogP contribution in [0.4, 0.5) is 13.2 Å². The molecule has 3 aromatic rings. The van der Waals surface area contributed by atoms with Gasteiger partial charge in [0.25, 0.3) is 0 Å². The predicted molar refractivity (Wildman–Crippen MR) is 98.8 cm³/mol. The monoisotopic (exact) mass is 423 g/mol. The number of aromatic nitrogens is 2. The third-order valence-corrected chi connectivity index (χ3v) is 6.57. The molecule has 0 radical (unpaired) electrons. The van der Waals surface area contributed by atoms with E-state index >= 15 is 0 Å². The van der Waals surface area contributed by atoms with E-state index in [2.05, 4.69) is 9.97 Å². The van der Waals surface area contributed by atoms with Crippen LogP contribution in [0.25, 0.3) is 10.9 Å². The lowest BCUT2D eigenvalue weighted by molar-refractivity contribution is -0.137. The molecule has 152 valence electrons. The van der Waals surface area contributed by atoms with Crippen LogP contribution in [0, 0.1) is 0 Å². The van der Waals surface area contributed by atoms with Crippen molar-refractivity contribution in [2.24, 2.45) is 0 Å². The summed E-state index contributed by atoms with van der Waals surface area (Å²) in [6.45, 7) is 0.207. The number of nitrogens with zero attached hydrogens (tertiary/aromatic N) is 3. The summed E-state index contributed by atoms with van der Waals surface area (Å²) in [5.74, 6) is -0.184. The maximum Gasteiger partial charge on any atom is 0.416 e. The molecule has 6 nitrogen and oxygen atoms in total. The topological polar surface area (TPSA) is 72.4 Å². The van der Waals surface area contributed by atoms with E-state index in [0.717, 1.165) is 18.3 Å². The number of halogens is 3. The van der Waals surface area contributed by atoms with Crippen LogP contribution in [0.15, 0.2) is 59.8 Å². The molecule has 1 aliphatic heterocycles. The number of para-hydroxylation sites is 1. The standard InChI is InChI=1S/C19H16F3N3O3S/c20-19(21,22)14-6-9-23-17(11-14)28-15-7-10-25(12-15)29(26,27)16-5-1-3-13-4-2-8-24-18(13)16/h1-6,8-9,11,15H,7,10,12H2. The summed E-state index contributed by atoms with van der Waals surface area (Å²) < 4.78 is 71.5. The Morgan fingerprint density at radius 2 is 1.86 bits per heavy atom. The number of fused-ring (bicyclic) bond motifs is 1. The number of ether oxygens (including phenoxy) is 1. The molecule has 1 fully saturated rings. The van der Waals surface area contributed by atoms with Crippen LogP contribution in [0.1, 0.15) is 12.0 Å². The first-order chi connectivity index (χ1) is 13.7. The fourth-order valence-corrected chi connectivity index (χ4v) is 4.91. The Kier molecular flexibility index (Phi) is 4.91. The highest BCUT2D eigenvalue weighted by molar-refractivity contribution is 7.89. The molecule has 2 aromatic heterocycles. The van der Waals surface area contributed by atoms with Gasteiger partial charge in [0.1, 0.15) is 11.0 Å². The predicted octanol–water partition coefficient (Wildman–Crippen LogP) is 3.49. The Morgan fingerprint density at radius 1 is 1.07 bits per heavy atom. The lowest BCUT2D eigenvalue weighted by atomic mass is 10.2. The summed E-state index contributed by atoms with van der Waals surface area (Å²) in [6, 6.07) is 10.1. The van der Waals surface area contributed by atoms with Crippen molar-refractivity contribution >= 4 is 20.9 Å². The molecular formula is C19H16F3N3O3S. The van der Waals surface area contributed by atoms with Crippen molar-refractivity contribution < 1.29 is 26.3 Å². The fraction of sp³-hybridized carbons (Fsp3) is 0.263. The maximum atomic E-state index is 13.1. The summed E-state index contributed by atoms with van der Waals surface area (Å²) in [7, 11) is -3.83. The van der Waals surface area contributed by atoms with Crippen LogP contribution in [-0.4, -0.2) is 41.9 Å². The normalized spacial score (nSPS) is 18.2. The van der Waals surface area contributed by atoms with Gasteiger partial charge in [0.2, 0.25) is 15.9 Å². The Hall–Kier alpha value is -2.72. The van der Waals surface area contributed by atoms with Crippen LogP contribution in [0.2, 0.25) is 0 Å². The first-order valence-corrected chi connectivity index (χ1v) is 10.2. The Morgan fingerprint density at radius 3 is 2.66 bits per heavy atom. The van der Waals surface area contributed by atoms with Crippen LogP contribution in [-0.2, 0) is 16.2 Å². The second-order valence-electron chi connectivity index (χ2n) is 6.60. The zero-order valence-electron chi connectivity index (χ0n) is 15.0. The van der Waals surface area contributed by atoms with E-state index in [-0.39, 0.29) is 23.9 Å². The van der Waals surface area contributed by atoms with Gasteiger partial charge >= 0.3 is 6.18 Å². The second kappa shape index (κ2) is 7.27. The van der Waals surface area contributed by atoms with Gasteiger partial charge in [-0.1, -0.05) is 18.2 Å². The van der Waals surface area contributed by atoms with Gasteiger partial charge in [-0.2, -0.15) is 17.5 Å². The summed E-state index contributed by atoms with van der Waals surface area (Å²) in [5, 5.41) is 0.703. The maximum absolute atomic E-state index is 13.1. The molecule has 3 heterocycles. The zero-order chi connectivity index (χ0) is 20.6. The molecule has 0 amide bonds. The van der Waals surface area contributed by atoms with Crippen molar-refractivity contribution in [3.05, 3.63) is 60.4 Å². The number of alkyl halides is 3. The van der Waals surface area contributed by atoms with Gasteiger partial charge in [-0.15, -0.1) is 0 Å². The average molecular weight is 423 g/mol. The molecule has 0 aliphatic carbocycles. The van der Waals surface area contributed by atoms with Gasteiger partial charge < -0.3 is 4.74 Å². The van der Waals surface area contributed by atoms with Crippen molar-refractivity contribution in [1.82, 2.24) is 14.3 Å². The highest BCUT2D eigenvalue weighted by Gasteiger charge is 2.36. The first-order valence-electron chi connectivity index (χ1n) is 8.79. The van der Waals surface area contributed by atoms with Crippen LogP contribution in [0.3, 0.4) is 0 Å². The van der Waals surface area contributed by atoms with Gasteiger partial charge in [-0.05, 0) is 24.6 Å². The van der Waals surface area contributed by atoms with Gasteiger partial charge in [0.05, 0.1) is 17.6 Å². The zero-order valence-corrected chi connectivity index (χ0v) is 15.8. The minimum atomic E-state index is -4.51. The molecule has 1 atom stereocenters. The van der Waals surface area contributed by atoms with Crippen LogP contribution in [0.5, 0.6) is 5.88 Å². The number of rotatable bonds is 4. The number of pyridine rings is 2. The highest BCUT2D eigenvalue weighted by Crippen LogP contribution is 2.32. The van der Waals surface area contributed by atoms with Crippen molar-refractivity contribution in [3.63, 3.8) is 0 Å². The highest BCUT2D eigenvalue weighted by atomic mass is 32.2. The summed E-state index contributed by atoms with van der Waals surface area (Å²) >= 11 is 0. The molecule has 1 aliphatic rings. The quantitative estimate of drug-likeness (QED) is 0.642. The van der Waals surface area contributed by atoms with Crippen molar-refractivity contribution in [1.29, 1.82) is 0 Å². The van der Waals surface area contributed by atoms with Crippen LogP contribution >= 0.6 is 0 Å². The molecular weight excluding hydrogens is 407 g/mol. The van der Waals surface area contributed by atoms with Crippen molar-refractivity contribution in [2.45, 2.75) is 23.6 Å². The molecule has 0 saturated carbocycles. The van der Waals surface area contributed by atoms with Gasteiger partial charge in [0.15, 0.2) is 0 Å². The number of benzene rings is 1. The molecule has 1 saturated heterocycles. The third-order valence-electron chi connectivity index (χ3n) is 4.67. The number of hydrogen-bond donors (Lipinski definition) is 0. The summed E-state index contributed by atoms with van der Waals surface area (Å²) in [5.41, 5.74) is -0.495.